The van der Waals surface area contributed by atoms with E-state index in [1.54, 1.807) is 33.5 Å². The minimum Gasteiger partial charge on any atom is -0.493 e. The summed E-state index contributed by atoms with van der Waals surface area (Å²) < 4.78 is 42.3. The molecule has 9 heteroatoms. The first-order valence-electron chi connectivity index (χ1n) is 12.4. The molecular formula is C29H27ClFNO6. The van der Waals surface area contributed by atoms with Crippen molar-refractivity contribution in [3.63, 3.8) is 0 Å². The number of hydrogen-bond acceptors (Lipinski definition) is 7. The van der Waals surface area contributed by atoms with Gasteiger partial charge in [-0.25, -0.2) is 4.39 Å². The van der Waals surface area contributed by atoms with E-state index in [-0.39, 0.29) is 29.6 Å². The normalized spacial score (nSPS) is 22.0. The third-order valence-electron chi connectivity index (χ3n) is 7.78. The molecule has 0 aliphatic carbocycles. The fourth-order valence-electron chi connectivity index (χ4n) is 6.07. The lowest BCUT2D eigenvalue weighted by Crippen LogP contribution is -2.54. The van der Waals surface area contributed by atoms with Crippen LogP contribution in [-0.2, 0) is 11.2 Å². The second-order valence-electron chi connectivity index (χ2n) is 9.61. The third kappa shape index (κ3) is 3.85. The van der Waals surface area contributed by atoms with Crippen LogP contribution in [0.4, 0.5) is 4.39 Å². The fourth-order valence-corrected chi connectivity index (χ4v) is 6.26. The topological polar surface area (TPSA) is 66.5 Å². The number of benzene rings is 3. The SMILES string of the molecule is COc1cc2c(c(OC)c1OC)[C@@H](c1ccc3c(c1)OCO3)N1CCC(c3ccc(F)c(Cl)c3)C(=O)C1C2. The lowest BCUT2D eigenvalue weighted by molar-refractivity contribution is -0.130. The van der Waals surface area contributed by atoms with Crippen molar-refractivity contribution in [1.29, 1.82) is 0 Å². The number of halogens is 2. The summed E-state index contributed by atoms with van der Waals surface area (Å²) in [5.41, 5.74) is 3.55. The molecule has 0 saturated carbocycles. The maximum absolute atomic E-state index is 14.1. The van der Waals surface area contributed by atoms with Gasteiger partial charge in [0.25, 0.3) is 0 Å². The van der Waals surface area contributed by atoms with Gasteiger partial charge in [-0.1, -0.05) is 23.7 Å². The summed E-state index contributed by atoms with van der Waals surface area (Å²) in [7, 11) is 4.76. The molecule has 0 bridgehead atoms. The van der Waals surface area contributed by atoms with Gasteiger partial charge in [0.05, 0.1) is 38.4 Å². The molecule has 3 aliphatic heterocycles. The van der Waals surface area contributed by atoms with E-state index in [1.165, 1.54) is 6.07 Å². The largest absolute Gasteiger partial charge is 0.493 e. The first-order valence-corrected chi connectivity index (χ1v) is 12.8. The van der Waals surface area contributed by atoms with Gasteiger partial charge in [0.2, 0.25) is 12.5 Å². The van der Waals surface area contributed by atoms with Gasteiger partial charge in [-0.05, 0) is 59.9 Å². The molecule has 0 aromatic heterocycles. The Kier molecular flexibility index (Phi) is 6.32. The van der Waals surface area contributed by atoms with Crippen LogP contribution in [-0.4, -0.2) is 51.4 Å². The Morgan fingerprint density at radius 3 is 2.45 bits per heavy atom. The highest BCUT2D eigenvalue weighted by Crippen LogP contribution is 2.53. The average Bonchev–Trinajstić information content (AvgIpc) is 3.41. The van der Waals surface area contributed by atoms with Gasteiger partial charge >= 0.3 is 0 Å². The summed E-state index contributed by atoms with van der Waals surface area (Å²) >= 11 is 6.07. The Balaban J connectivity index is 1.50. The van der Waals surface area contributed by atoms with E-state index in [9.17, 15) is 9.18 Å². The molecule has 1 fully saturated rings. The van der Waals surface area contributed by atoms with Crippen LogP contribution >= 0.6 is 11.6 Å². The van der Waals surface area contributed by atoms with Gasteiger partial charge < -0.3 is 23.7 Å². The molecule has 3 heterocycles. The summed E-state index contributed by atoms with van der Waals surface area (Å²) in [5, 5.41) is 0.0199. The molecule has 3 aliphatic rings. The van der Waals surface area contributed by atoms with Crippen molar-refractivity contribution in [2.45, 2.75) is 30.8 Å². The Morgan fingerprint density at radius 2 is 1.71 bits per heavy atom. The smallest absolute Gasteiger partial charge is 0.231 e. The lowest BCUT2D eigenvalue weighted by atomic mass is 9.75. The first-order chi connectivity index (χ1) is 18.4. The highest BCUT2D eigenvalue weighted by atomic mass is 35.5. The van der Waals surface area contributed by atoms with E-state index in [4.69, 9.17) is 35.3 Å². The van der Waals surface area contributed by atoms with Crippen molar-refractivity contribution >= 4 is 17.4 Å². The van der Waals surface area contributed by atoms with Gasteiger partial charge in [-0.15, -0.1) is 0 Å². The zero-order valence-electron chi connectivity index (χ0n) is 21.3. The third-order valence-corrected chi connectivity index (χ3v) is 8.07. The Labute approximate surface area is 225 Å². The van der Waals surface area contributed by atoms with Crippen molar-refractivity contribution in [1.82, 2.24) is 4.90 Å². The molecule has 3 aromatic rings. The molecule has 2 unspecified atom stereocenters. The summed E-state index contributed by atoms with van der Waals surface area (Å²) in [6.07, 6.45) is 1.04. The maximum atomic E-state index is 14.1. The Bertz CT molecular complexity index is 1430. The molecule has 3 atom stereocenters. The highest BCUT2D eigenvalue weighted by Gasteiger charge is 2.47. The van der Waals surface area contributed by atoms with E-state index < -0.39 is 11.9 Å². The maximum Gasteiger partial charge on any atom is 0.231 e. The summed E-state index contributed by atoms with van der Waals surface area (Å²) in [6.45, 7) is 0.799. The van der Waals surface area contributed by atoms with Crippen LogP contribution < -0.4 is 23.7 Å². The summed E-state index contributed by atoms with van der Waals surface area (Å²) in [4.78, 5) is 16.3. The number of hydrogen-bond donors (Lipinski definition) is 0. The molecular weight excluding hydrogens is 513 g/mol. The quantitative estimate of drug-likeness (QED) is 0.435. The van der Waals surface area contributed by atoms with Crippen LogP contribution in [0.25, 0.3) is 0 Å². The number of ketones is 1. The molecule has 0 spiro atoms. The fraction of sp³-hybridized carbons (Fsp3) is 0.345. The molecule has 1 saturated heterocycles. The first kappa shape index (κ1) is 24.8. The van der Waals surface area contributed by atoms with Crippen LogP contribution in [0, 0.1) is 5.82 Å². The predicted molar refractivity (Wildman–Crippen MR) is 138 cm³/mol. The minimum atomic E-state index is -0.497. The minimum absolute atomic E-state index is 0.0199. The van der Waals surface area contributed by atoms with Gasteiger partial charge in [-0.3, -0.25) is 9.69 Å². The van der Waals surface area contributed by atoms with Crippen LogP contribution in [0.15, 0.2) is 42.5 Å². The van der Waals surface area contributed by atoms with Crippen molar-refractivity contribution in [2.75, 3.05) is 34.7 Å². The molecule has 6 rings (SSSR count). The second kappa shape index (κ2) is 9.67. The second-order valence-corrected chi connectivity index (χ2v) is 10.0. The van der Waals surface area contributed by atoms with Gasteiger partial charge in [0.1, 0.15) is 5.82 Å². The molecule has 198 valence electrons. The van der Waals surface area contributed by atoms with E-state index in [1.807, 2.05) is 24.3 Å². The number of carbonyl (C=O) groups excluding carboxylic acids is 1. The van der Waals surface area contributed by atoms with E-state index >= 15 is 0 Å². The van der Waals surface area contributed by atoms with Crippen LogP contribution in [0.3, 0.4) is 0 Å². The molecule has 0 radical (unpaired) electrons. The predicted octanol–water partition coefficient (Wildman–Crippen LogP) is 5.31. The van der Waals surface area contributed by atoms with Crippen LogP contribution in [0.2, 0.25) is 5.02 Å². The van der Waals surface area contributed by atoms with Gasteiger partial charge in [0, 0.05) is 18.0 Å². The van der Waals surface area contributed by atoms with Crippen molar-refractivity contribution in [2.24, 2.45) is 0 Å². The molecule has 38 heavy (non-hydrogen) atoms. The molecule has 0 amide bonds. The van der Waals surface area contributed by atoms with Gasteiger partial charge in [-0.2, -0.15) is 0 Å². The number of rotatable bonds is 5. The Hall–Kier alpha value is -3.49. The number of methoxy groups -OCH3 is 3. The highest BCUT2D eigenvalue weighted by molar-refractivity contribution is 6.30. The standard InChI is InChI=1S/C29H27ClFNO6/c1-34-24-13-17-11-21-27(33)18(15-4-6-20(31)19(30)10-15)8-9-32(21)26(25(17)29(36-3)28(24)35-2)16-5-7-22-23(12-16)38-14-37-22/h4-7,10,12-13,18,21,26H,8-9,11,14H2,1-3H3/t18?,21?,26-/m1/s1. The number of carbonyl (C=O) groups is 1. The molecule has 7 nitrogen and oxygen atoms in total. The molecule has 0 N–H and O–H groups in total. The average molecular weight is 540 g/mol. The van der Waals surface area contributed by atoms with E-state index in [2.05, 4.69) is 4.90 Å². The zero-order chi connectivity index (χ0) is 26.6. The van der Waals surface area contributed by atoms with E-state index in [0.717, 1.165) is 22.3 Å². The van der Waals surface area contributed by atoms with Crippen molar-refractivity contribution < 1.29 is 32.9 Å². The number of ether oxygens (including phenoxy) is 5. The molecule has 3 aromatic carbocycles. The number of Topliss-reactive ketones (excluding diaryl/α,β-unsaturated/α-hetero) is 1. The monoisotopic (exact) mass is 539 g/mol. The number of nitrogens with zero attached hydrogens (tertiary/aromatic N) is 1. The number of fused-ring (bicyclic) bond motifs is 3. The Morgan fingerprint density at radius 1 is 0.947 bits per heavy atom. The van der Waals surface area contributed by atoms with E-state index in [0.29, 0.717) is 48.1 Å². The summed E-state index contributed by atoms with van der Waals surface area (Å²) in [5.74, 6) is 2.15. The zero-order valence-corrected chi connectivity index (χ0v) is 22.0. The summed E-state index contributed by atoms with van der Waals surface area (Å²) in [6, 6.07) is 11.6. The van der Waals surface area contributed by atoms with Gasteiger partial charge in [0.15, 0.2) is 28.8 Å². The van der Waals surface area contributed by atoms with Crippen molar-refractivity contribution in [3.05, 3.63) is 75.6 Å². The number of piperidine rings is 1. The van der Waals surface area contributed by atoms with Crippen LogP contribution in [0.5, 0.6) is 28.7 Å². The van der Waals surface area contributed by atoms with Crippen molar-refractivity contribution in [3.8, 4) is 28.7 Å². The van der Waals surface area contributed by atoms with Crippen LogP contribution in [0.1, 0.15) is 40.6 Å². The lowest BCUT2D eigenvalue weighted by Gasteiger charge is -2.47.